The number of nitrogens with zero attached hydrogens (tertiary/aromatic N) is 2. The van der Waals surface area contributed by atoms with Crippen LogP contribution in [0.3, 0.4) is 0 Å². The van der Waals surface area contributed by atoms with Crippen molar-refractivity contribution < 1.29 is 17.9 Å². The third-order valence-corrected chi connectivity index (χ3v) is 6.74. The predicted octanol–water partition coefficient (Wildman–Crippen LogP) is 2.23. The first-order chi connectivity index (χ1) is 13.4. The molecule has 5 nitrogen and oxygen atoms in total. The first-order valence-corrected chi connectivity index (χ1v) is 10.4. The minimum Gasteiger partial charge on any atom is -0.395 e. The van der Waals surface area contributed by atoms with E-state index >= 15 is 0 Å². The van der Waals surface area contributed by atoms with Crippen LogP contribution in [-0.4, -0.2) is 42.3 Å². The molecular formula is C21H19FN2O3S. The second kappa shape index (κ2) is 8.12. The summed E-state index contributed by atoms with van der Waals surface area (Å²) < 4.78 is 39.2. The first kappa shape index (κ1) is 20.0. The number of hydrogen-bond acceptors (Lipinski definition) is 4. The van der Waals surface area contributed by atoms with Crippen LogP contribution in [0.4, 0.5) is 4.39 Å². The van der Waals surface area contributed by atoms with Crippen LogP contribution in [0.25, 0.3) is 0 Å². The summed E-state index contributed by atoms with van der Waals surface area (Å²) in [6.07, 6.45) is 0. The summed E-state index contributed by atoms with van der Waals surface area (Å²) in [6.45, 7) is 1.14. The Hall–Kier alpha value is -2.71. The SMILES string of the molecule is CCS(=O)(=O)N1[C@H](CO)[C@@H](c2ccc(C#Cc3ccccc3F)cc2)[C@@H]1C#N. The van der Waals surface area contributed by atoms with Crippen LogP contribution in [0, 0.1) is 29.0 Å². The van der Waals surface area contributed by atoms with Crippen molar-refractivity contribution in [1.82, 2.24) is 4.31 Å². The highest BCUT2D eigenvalue weighted by Gasteiger charge is 2.54. The van der Waals surface area contributed by atoms with E-state index in [0.717, 1.165) is 9.87 Å². The van der Waals surface area contributed by atoms with Crippen molar-refractivity contribution in [3.8, 4) is 17.9 Å². The van der Waals surface area contributed by atoms with Crippen LogP contribution in [0.1, 0.15) is 29.5 Å². The molecule has 0 spiro atoms. The van der Waals surface area contributed by atoms with Gasteiger partial charge in [0.2, 0.25) is 10.0 Å². The van der Waals surface area contributed by atoms with Crippen LogP contribution in [0.2, 0.25) is 0 Å². The molecule has 3 rings (SSSR count). The lowest BCUT2D eigenvalue weighted by Gasteiger charge is -2.50. The number of aliphatic hydroxyl groups is 1. The van der Waals surface area contributed by atoms with E-state index in [0.29, 0.717) is 11.1 Å². The van der Waals surface area contributed by atoms with Gasteiger partial charge in [-0.3, -0.25) is 0 Å². The Kier molecular flexibility index (Phi) is 5.81. The predicted molar refractivity (Wildman–Crippen MR) is 103 cm³/mol. The molecule has 28 heavy (non-hydrogen) atoms. The summed E-state index contributed by atoms with van der Waals surface area (Å²) in [5.74, 6) is 4.74. The number of hydrogen-bond donors (Lipinski definition) is 1. The molecule has 3 atom stereocenters. The number of benzene rings is 2. The molecule has 144 valence electrons. The van der Waals surface area contributed by atoms with E-state index in [9.17, 15) is 23.2 Å². The second-order valence-corrected chi connectivity index (χ2v) is 8.59. The molecule has 2 aromatic rings. The third kappa shape index (κ3) is 3.65. The third-order valence-electron chi connectivity index (χ3n) is 4.87. The molecule has 1 N–H and O–H groups in total. The van der Waals surface area contributed by atoms with Gasteiger partial charge in [0.1, 0.15) is 11.9 Å². The minimum absolute atomic E-state index is 0.126. The van der Waals surface area contributed by atoms with Gasteiger partial charge in [-0.2, -0.15) is 9.57 Å². The monoisotopic (exact) mass is 398 g/mol. The molecule has 7 heteroatoms. The molecule has 1 fully saturated rings. The highest BCUT2D eigenvalue weighted by atomic mass is 32.2. The van der Waals surface area contributed by atoms with Crippen LogP contribution >= 0.6 is 0 Å². The van der Waals surface area contributed by atoms with Crippen molar-refractivity contribution in [3.05, 3.63) is 71.0 Å². The summed E-state index contributed by atoms with van der Waals surface area (Å²) in [5, 5.41) is 19.1. The van der Waals surface area contributed by atoms with Crippen LogP contribution < -0.4 is 0 Å². The lowest BCUT2D eigenvalue weighted by molar-refractivity contribution is 0.0558. The van der Waals surface area contributed by atoms with Gasteiger partial charge in [0.25, 0.3) is 0 Å². The smallest absolute Gasteiger partial charge is 0.215 e. The quantitative estimate of drug-likeness (QED) is 0.801. The molecule has 0 unspecified atom stereocenters. The fraction of sp³-hybridized carbons (Fsp3) is 0.286. The zero-order valence-corrected chi connectivity index (χ0v) is 16.0. The maximum absolute atomic E-state index is 13.6. The highest BCUT2D eigenvalue weighted by molar-refractivity contribution is 7.89. The first-order valence-electron chi connectivity index (χ1n) is 8.81. The lowest BCUT2D eigenvalue weighted by Crippen LogP contribution is -2.65. The number of nitriles is 1. The molecule has 1 saturated heterocycles. The normalized spacial score (nSPS) is 21.9. The number of rotatable bonds is 4. The zero-order chi connectivity index (χ0) is 20.3. The van der Waals surface area contributed by atoms with Gasteiger partial charge in [-0.25, -0.2) is 12.8 Å². The van der Waals surface area contributed by atoms with Crippen molar-refractivity contribution in [3.63, 3.8) is 0 Å². The summed E-state index contributed by atoms with van der Waals surface area (Å²) in [4.78, 5) is 0. The van der Waals surface area contributed by atoms with E-state index in [4.69, 9.17) is 0 Å². The van der Waals surface area contributed by atoms with Gasteiger partial charge in [-0.05, 0) is 36.8 Å². The summed E-state index contributed by atoms with van der Waals surface area (Å²) >= 11 is 0. The molecule has 0 saturated carbocycles. The van der Waals surface area contributed by atoms with Gasteiger partial charge >= 0.3 is 0 Å². The van der Waals surface area contributed by atoms with Gasteiger partial charge in [-0.15, -0.1) is 0 Å². The van der Waals surface area contributed by atoms with Crippen molar-refractivity contribution in [2.45, 2.75) is 24.9 Å². The molecule has 0 radical (unpaired) electrons. The molecule has 1 aliphatic rings. The topological polar surface area (TPSA) is 81.4 Å². The number of aliphatic hydroxyl groups excluding tert-OH is 1. The Labute approximate surface area is 164 Å². The Morgan fingerprint density at radius 1 is 1.14 bits per heavy atom. The van der Waals surface area contributed by atoms with Gasteiger partial charge in [0, 0.05) is 11.5 Å². The summed E-state index contributed by atoms with van der Waals surface area (Å²) in [6, 6.07) is 13.8. The van der Waals surface area contributed by atoms with Crippen LogP contribution in [0.5, 0.6) is 0 Å². The highest BCUT2D eigenvalue weighted by Crippen LogP contribution is 2.42. The second-order valence-electron chi connectivity index (χ2n) is 6.43. The average molecular weight is 398 g/mol. The Morgan fingerprint density at radius 2 is 1.82 bits per heavy atom. The zero-order valence-electron chi connectivity index (χ0n) is 15.2. The maximum Gasteiger partial charge on any atom is 0.215 e. The minimum atomic E-state index is -3.58. The molecule has 0 aliphatic carbocycles. The maximum atomic E-state index is 13.6. The fourth-order valence-corrected chi connectivity index (χ4v) is 4.82. The molecular weight excluding hydrogens is 379 g/mol. The van der Waals surface area contributed by atoms with Gasteiger partial charge < -0.3 is 5.11 Å². The summed E-state index contributed by atoms with van der Waals surface area (Å²) in [7, 11) is -3.58. The largest absolute Gasteiger partial charge is 0.395 e. The van der Waals surface area contributed by atoms with Crippen LogP contribution in [0.15, 0.2) is 48.5 Å². The van der Waals surface area contributed by atoms with Gasteiger partial charge in [-0.1, -0.05) is 36.1 Å². The number of sulfonamides is 1. The average Bonchev–Trinajstić information content (AvgIpc) is 2.68. The van der Waals surface area contributed by atoms with E-state index in [2.05, 4.69) is 11.8 Å². The van der Waals surface area contributed by atoms with Gasteiger partial charge in [0.05, 0.1) is 30.0 Å². The van der Waals surface area contributed by atoms with Crippen molar-refractivity contribution >= 4 is 10.0 Å². The van der Waals surface area contributed by atoms with Crippen molar-refractivity contribution in [2.24, 2.45) is 0 Å². The fourth-order valence-electron chi connectivity index (χ4n) is 3.39. The Bertz CT molecular complexity index is 1070. The lowest BCUT2D eigenvalue weighted by atomic mass is 9.78. The van der Waals surface area contributed by atoms with E-state index in [-0.39, 0.29) is 18.2 Å². The summed E-state index contributed by atoms with van der Waals surface area (Å²) in [5.41, 5.74) is 1.72. The van der Waals surface area contributed by atoms with Crippen LogP contribution in [-0.2, 0) is 10.0 Å². The van der Waals surface area contributed by atoms with Crippen molar-refractivity contribution in [1.29, 1.82) is 5.26 Å². The van der Waals surface area contributed by atoms with E-state index in [1.165, 1.54) is 13.0 Å². The molecule has 0 aromatic heterocycles. The van der Waals surface area contributed by atoms with E-state index in [1.54, 1.807) is 42.5 Å². The molecule has 0 amide bonds. The molecule has 1 aliphatic heterocycles. The molecule has 1 heterocycles. The van der Waals surface area contributed by atoms with E-state index in [1.807, 2.05) is 6.07 Å². The number of halogens is 1. The molecule has 2 aromatic carbocycles. The molecule has 0 bridgehead atoms. The van der Waals surface area contributed by atoms with Gasteiger partial charge in [0.15, 0.2) is 0 Å². The van der Waals surface area contributed by atoms with E-state index < -0.39 is 28.0 Å². The standard InChI is InChI=1S/C21H19FN2O3S/c1-2-28(26,27)24-19(13-23)21(20(24)14-25)17-11-8-15(9-12-17)7-10-16-5-3-4-6-18(16)22/h3-6,8-9,11-12,19-21,25H,2,14H2,1H3/t19-,20+,21-/m0/s1. The van der Waals surface area contributed by atoms with Crippen molar-refractivity contribution in [2.75, 3.05) is 12.4 Å². The Morgan fingerprint density at radius 3 is 2.39 bits per heavy atom. The Balaban J connectivity index is 1.84.